The summed E-state index contributed by atoms with van der Waals surface area (Å²) in [6.45, 7) is 2.67. The lowest BCUT2D eigenvalue weighted by Crippen LogP contribution is -2.26. The summed E-state index contributed by atoms with van der Waals surface area (Å²) in [5.41, 5.74) is 4.89. The average molecular weight is 267 g/mol. The third kappa shape index (κ3) is 4.58. The first-order valence-electron chi connectivity index (χ1n) is 6.03. The summed E-state index contributed by atoms with van der Waals surface area (Å²) in [6, 6.07) is 5.56. The largest absolute Gasteiger partial charge is 0.352 e. The van der Waals surface area contributed by atoms with Gasteiger partial charge in [-0.2, -0.15) is 11.8 Å². The van der Waals surface area contributed by atoms with Gasteiger partial charge >= 0.3 is 0 Å². The number of hydrogen-bond donors (Lipinski definition) is 3. The Morgan fingerprint density at radius 3 is 2.83 bits per heavy atom. The second-order valence-electron chi connectivity index (χ2n) is 4.15. The van der Waals surface area contributed by atoms with Crippen LogP contribution in [0, 0.1) is 6.92 Å². The number of hydrazine groups is 1. The molecule has 4 nitrogen and oxygen atoms in total. The van der Waals surface area contributed by atoms with Crippen LogP contribution < -0.4 is 16.6 Å². The first-order chi connectivity index (χ1) is 8.69. The summed E-state index contributed by atoms with van der Waals surface area (Å²) in [5, 5.41) is 2.91. The second-order valence-corrected chi connectivity index (χ2v) is 5.13. The zero-order chi connectivity index (χ0) is 13.4. The lowest BCUT2D eigenvalue weighted by Gasteiger charge is -2.10. The van der Waals surface area contributed by atoms with E-state index in [4.69, 9.17) is 5.84 Å². The molecule has 1 aromatic rings. The molecule has 0 aliphatic rings. The fourth-order valence-corrected chi connectivity index (χ4v) is 2.14. The SMILES string of the molecule is CSCCCCNC(=O)c1ccc(C)cc1NN. The standard InChI is InChI=1S/C13H21N3OS/c1-10-5-6-11(12(9-10)16-14)13(17)15-7-3-4-8-18-2/h5-6,9,16H,3-4,7-8,14H2,1-2H3,(H,15,17). The Labute approximate surface area is 113 Å². The van der Waals surface area contributed by atoms with E-state index in [0.29, 0.717) is 17.8 Å². The minimum atomic E-state index is -0.0768. The molecule has 0 spiro atoms. The highest BCUT2D eigenvalue weighted by atomic mass is 32.2. The van der Waals surface area contributed by atoms with E-state index in [9.17, 15) is 4.79 Å². The number of nitrogen functional groups attached to an aromatic ring is 1. The monoisotopic (exact) mass is 267 g/mol. The van der Waals surface area contributed by atoms with Crippen molar-refractivity contribution >= 4 is 23.4 Å². The molecule has 18 heavy (non-hydrogen) atoms. The Balaban J connectivity index is 2.51. The highest BCUT2D eigenvalue weighted by Crippen LogP contribution is 2.16. The number of hydrogen-bond acceptors (Lipinski definition) is 4. The van der Waals surface area contributed by atoms with Gasteiger partial charge in [-0.15, -0.1) is 0 Å². The lowest BCUT2D eigenvalue weighted by molar-refractivity contribution is 0.0954. The van der Waals surface area contributed by atoms with Gasteiger partial charge in [-0.3, -0.25) is 10.6 Å². The van der Waals surface area contributed by atoms with Crippen LogP contribution in [0.4, 0.5) is 5.69 Å². The number of rotatable bonds is 7. The summed E-state index contributed by atoms with van der Waals surface area (Å²) in [5.74, 6) is 6.48. The lowest BCUT2D eigenvalue weighted by atomic mass is 10.1. The van der Waals surface area contributed by atoms with Gasteiger partial charge in [-0.1, -0.05) is 6.07 Å². The molecule has 0 radical (unpaired) electrons. The molecule has 1 aromatic carbocycles. The number of carbonyl (C=O) groups is 1. The van der Waals surface area contributed by atoms with Crippen molar-refractivity contribution in [3.05, 3.63) is 29.3 Å². The van der Waals surface area contributed by atoms with Crippen LogP contribution in [0.1, 0.15) is 28.8 Å². The summed E-state index contributed by atoms with van der Waals surface area (Å²) in [6.07, 6.45) is 4.21. The maximum atomic E-state index is 12.0. The Kier molecular flexibility index (Phi) is 6.60. The molecular formula is C13H21N3OS. The zero-order valence-electron chi connectivity index (χ0n) is 11.0. The van der Waals surface area contributed by atoms with Crippen molar-refractivity contribution in [3.8, 4) is 0 Å². The van der Waals surface area contributed by atoms with E-state index < -0.39 is 0 Å². The van der Waals surface area contributed by atoms with Crippen molar-refractivity contribution in [1.29, 1.82) is 0 Å². The molecule has 0 atom stereocenters. The molecule has 0 unspecified atom stereocenters. The topological polar surface area (TPSA) is 67.2 Å². The molecule has 0 aromatic heterocycles. The fraction of sp³-hybridized carbons (Fsp3) is 0.462. The number of nitrogens with two attached hydrogens (primary N) is 1. The number of carbonyl (C=O) groups excluding carboxylic acids is 1. The quantitative estimate of drug-likeness (QED) is 0.402. The highest BCUT2D eigenvalue weighted by Gasteiger charge is 2.09. The molecule has 1 rings (SSSR count). The average Bonchev–Trinajstić information content (AvgIpc) is 2.38. The minimum Gasteiger partial charge on any atom is -0.352 e. The van der Waals surface area contributed by atoms with Crippen LogP contribution in [0.3, 0.4) is 0 Å². The summed E-state index contributed by atoms with van der Waals surface area (Å²) < 4.78 is 0. The van der Waals surface area contributed by atoms with E-state index in [1.807, 2.05) is 30.8 Å². The molecule has 0 fully saturated rings. The van der Waals surface area contributed by atoms with Crippen molar-refractivity contribution in [2.45, 2.75) is 19.8 Å². The number of aryl methyl sites for hydroxylation is 1. The Morgan fingerprint density at radius 2 is 2.17 bits per heavy atom. The third-order valence-electron chi connectivity index (χ3n) is 2.64. The van der Waals surface area contributed by atoms with E-state index in [1.54, 1.807) is 6.07 Å². The van der Waals surface area contributed by atoms with Crippen LogP contribution in [-0.4, -0.2) is 24.5 Å². The Bertz CT molecular complexity index is 396. The van der Waals surface area contributed by atoms with Crippen molar-refractivity contribution in [2.75, 3.05) is 24.0 Å². The number of benzene rings is 1. The highest BCUT2D eigenvalue weighted by molar-refractivity contribution is 7.98. The van der Waals surface area contributed by atoms with Gasteiger partial charge in [0.25, 0.3) is 5.91 Å². The number of thioether (sulfide) groups is 1. The molecule has 4 N–H and O–H groups in total. The maximum Gasteiger partial charge on any atom is 0.253 e. The van der Waals surface area contributed by atoms with Crippen LogP contribution in [0.25, 0.3) is 0 Å². The predicted molar refractivity (Wildman–Crippen MR) is 78.9 cm³/mol. The van der Waals surface area contributed by atoms with Crippen molar-refractivity contribution in [3.63, 3.8) is 0 Å². The summed E-state index contributed by atoms with van der Waals surface area (Å²) in [7, 11) is 0. The smallest absolute Gasteiger partial charge is 0.253 e. The van der Waals surface area contributed by atoms with Gasteiger partial charge in [-0.25, -0.2) is 0 Å². The van der Waals surface area contributed by atoms with Crippen LogP contribution >= 0.6 is 11.8 Å². The molecule has 0 saturated carbocycles. The van der Waals surface area contributed by atoms with Crippen LogP contribution in [-0.2, 0) is 0 Å². The molecule has 0 bridgehead atoms. The zero-order valence-corrected chi connectivity index (χ0v) is 11.8. The molecule has 100 valence electrons. The first-order valence-corrected chi connectivity index (χ1v) is 7.43. The van der Waals surface area contributed by atoms with Crippen LogP contribution in [0.2, 0.25) is 0 Å². The van der Waals surface area contributed by atoms with Gasteiger partial charge in [0.15, 0.2) is 0 Å². The summed E-state index contributed by atoms with van der Waals surface area (Å²) >= 11 is 1.83. The maximum absolute atomic E-state index is 12.0. The van der Waals surface area contributed by atoms with Crippen LogP contribution in [0.5, 0.6) is 0 Å². The van der Waals surface area contributed by atoms with E-state index >= 15 is 0 Å². The number of amides is 1. The molecule has 1 amide bonds. The van der Waals surface area contributed by atoms with Gasteiger partial charge in [0, 0.05) is 6.54 Å². The Hall–Kier alpha value is -1.20. The van der Waals surface area contributed by atoms with E-state index in [1.165, 1.54) is 0 Å². The second kappa shape index (κ2) is 8.00. The van der Waals surface area contributed by atoms with Crippen molar-refractivity contribution in [2.24, 2.45) is 5.84 Å². The molecule has 5 heteroatoms. The minimum absolute atomic E-state index is 0.0768. The van der Waals surface area contributed by atoms with Gasteiger partial charge in [0.1, 0.15) is 0 Å². The number of nitrogens with one attached hydrogen (secondary N) is 2. The summed E-state index contributed by atoms with van der Waals surface area (Å²) in [4.78, 5) is 12.0. The Morgan fingerprint density at radius 1 is 1.39 bits per heavy atom. The third-order valence-corrected chi connectivity index (χ3v) is 3.33. The number of anilines is 1. The number of unbranched alkanes of at least 4 members (excludes halogenated alkanes) is 1. The molecule has 0 aliphatic heterocycles. The normalized spacial score (nSPS) is 10.2. The molecule has 0 aliphatic carbocycles. The van der Waals surface area contributed by atoms with Gasteiger partial charge in [-0.05, 0) is 49.5 Å². The molecular weight excluding hydrogens is 246 g/mol. The molecule has 0 saturated heterocycles. The first kappa shape index (κ1) is 14.9. The molecule has 0 heterocycles. The van der Waals surface area contributed by atoms with Gasteiger partial charge < -0.3 is 10.7 Å². The van der Waals surface area contributed by atoms with Crippen molar-refractivity contribution in [1.82, 2.24) is 5.32 Å². The fourth-order valence-electron chi connectivity index (χ4n) is 1.64. The van der Waals surface area contributed by atoms with E-state index in [-0.39, 0.29) is 5.91 Å². The van der Waals surface area contributed by atoms with Gasteiger partial charge in [0.05, 0.1) is 11.3 Å². The van der Waals surface area contributed by atoms with Crippen LogP contribution in [0.15, 0.2) is 18.2 Å². The van der Waals surface area contributed by atoms with Gasteiger partial charge in [0.2, 0.25) is 0 Å². The van der Waals surface area contributed by atoms with Crippen molar-refractivity contribution < 1.29 is 4.79 Å². The predicted octanol–water partition coefficient (Wildman–Crippen LogP) is 2.15. The van der Waals surface area contributed by atoms with E-state index in [2.05, 4.69) is 17.0 Å². The van der Waals surface area contributed by atoms with E-state index in [0.717, 1.165) is 24.2 Å².